The summed E-state index contributed by atoms with van der Waals surface area (Å²) in [6.07, 6.45) is 2.62. The molecule has 1 fully saturated rings. The Bertz CT molecular complexity index is 492. The van der Waals surface area contributed by atoms with E-state index in [1.54, 1.807) is 12.1 Å². The SMILES string of the molecule is CC(CN)c1ccccc1S(=O)(=O)C1CCC1. The van der Waals surface area contributed by atoms with Gasteiger partial charge in [0.05, 0.1) is 10.1 Å². The first-order chi connectivity index (χ1) is 8.07. The molecule has 0 heterocycles. The van der Waals surface area contributed by atoms with Crippen LogP contribution in [-0.4, -0.2) is 20.2 Å². The van der Waals surface area contributed by atoms with Crippen molar-refractivity contribution in [3.63, 3.8) is 0 Å². The zero-order valence-corrected chi connectivity index (χ0v) is 10.9. The molecular formula is C13H19NO2S. The van der Waals surface area contributed by atoms with Gasteiger partial charge in [-0.15, -0.1) is 0 Å². The minimum atomic E-state index is -3.14. The van der Waals surface area contributed by atoms with Crippen molar-refractivity contribution >= 4 is 9.84 Å². The Hall–Kier alpha value is -0.870. The quantitative estimate of drug-likeness (QED) is 0.893. The molecule has 2 rings (SSSR count). The molecule has 0 radical (unpaired) electrons. The molecule has 0 amide bonds. The fraction of sp³-hybridized carbons (Fsp3) is 0.538. The molecule has 94 valence electrons. The van der Waals surface area contributed by atoms with Gasteiger partial charge in [0, 0.05) is 0 Å². The lowest BCUT2D eigenvalue weighted by Gasteiger charge is -2.27. The Morgan fingerprint density at radius 3 is 2.53 bits per heavy atom. The monoisotopic (exact) mass is 253 g/mol. The van der Waals surface area contributed by atoms with Crippen LogP contribution in [0.4, 0.5) is 0 Å². The van der Waals surface area contributed by atoms with Gasteiger partial charge in [-0.3, -0.25) is 0 Å². The molecule has 3 nitrogen and oxygen atoms in total. The van der Waals surface area contributed by atoms with Gasteiger partial charge < -0.3 is 5.73 Å². The Morgan fingerprint density at radius 2 is 2.00 bits per heavy atom. The maximum absolute atomic E-state index is 12.4. The van der Waals surface area contributed by atoms with Crippen LogP contribution in [0.3, 0.4) is 0 Å². The van der Waals surface area contributed by atoms with Gasteiger partial charge in [-0.2, -0.15) is 0 Å². The number of benzene rings is 1. The molecule has 2 N–H and O–H groups in total. The van der Waals surface area contributed by atoms with Gasteiger partial charge in [0.15, 0.2) is 9.84 Å². The van der Waals surface area contributed by atoms with Crippen molar-refractivity contribution in [1.82, 2.24) is 0 Å². The first-order valence-corrected chi connectivity index (χ1v) is 7.65. The highest BCUT2D eigenvalue weighted by atomic mass is 32.2. The fourth-order valence-corrected chi connectivity index (χ4v) is 4.31. The molecular weight excluding hydrogens is 234 g/mol. The highest BCUT2D eigenvalue weighted by molar-refractivity contribution is 7.92. The molecule has 0 aromatic heterocycles. The number of rotatable bonds is 4. The normalized spacial score (nSPS) is 18.7. The maximum atomic E-state index is 12.4. The second kappa shape index (κ2) is 4.78. The van der Waals surface area contributed by atoms with Gasteiger partial charge in [-0.05, 0) is 36.9 Å². The van der Waals surface area contributed by atoms with Crippen molar-refractivity contribution in [3.8, 4) is 0 Å². The van der Waals surface area contributed by atoms with E-state index >= 15 is 0 Å². The summed E-state index contributed by atoms with van der Waals surface area (Å²) in [5.41, 5.74) is 6.51. The standard InChI is InChI=1S/C13H19NO2S/c1-10(9-14)12-7-2-3-8-13(12)17(15,16)11-5-4-6-11/h2-3,7-8,10-11H,4-6,9,14H2,1H3. The van der Waals surface area contributed by atoms with Crippen molar-refractivity contribution in [3.05, 3.63) is 29.8 Å². The van der Waals surface area contributed by atoms with Gasteiger partial charge in [-0.25, -0.2) is 8.42 Å². The van der Waals surface area contributed by atoms with E-state index < -0.39 is 9.84 Å². The zero-order chi connectivity index (χ0) is 12.5. The molecule has 1 aliphatic rings. The number of hydrogen-bond donors (Lipinski definition) is 1. The van der Waals surface area contributed by atoms with E-state index in [-0.39, 0.29) is 11.2 Å². The van der Waals surface area contributed by atoms with Crippen LogP contribution < -0.4 is 5.73 Å². The Kier molecular flexibility index (Phi) is 3.54. The Labute approximate surface area is 103 Å². The van der Waals surface area contributed by atoms with Gasteiger partial charge >= 0.3 is 0 Å². The molecule has 0 aliphatic heterocycles. The number of nitrogens with two attached hydrogens (primary N) is 1. The Balaban J connectivity index is 2.44. The summed E-state index contributed by atoms with van der Waals surface area (Å²) < 4.78 is 24.8. The molecule has 1 saturated carbocycles. The highest BCUT2D eigenvalue weighted by Gasteiger charge is 2.34. The lowest BCUT2D eigenvalue weighted by molar-refractivity contribution is 0.476. The summed E-state index contributed by atoms with van der Waals surface area (Å²) in [5, 5.41) is -0.173. The summed E-state index contributed by atoms with van der Waals surface area (Å²) in [7, 11) is -3.14. The molecule has 0 saturated heterocycles. The van der Waals surface area contributed by atoms with Gasteiger partial charge in [0.1, 0.15) is 0 Å². The summed E-state index contributed by atoms with van der Waals surface area (Å²) in [6, 6.07) is 7.26. The first-order valence-electron chi connectivity index (χ1n) is 6.10. The topological polar surface area (TPSA) is 60.2 Å². The van der Waals surface area contributed by atoms with E-state index in [1.165, 1.54) is 0 Å². The van der Waals surface area contributed by atoms with Crippen molar-refractivity contribution < 1.29 is 8.42 Å². The summed E-state index contributed by atoms with van der Waals surface area (Å²) in [5.74, 6) is 0.0843. The average Bonchev–Trinajstić information content (AvgIpc) is 2.25. The van der Waals surface area contributed by atoms with Gasteiger partial charge in [0.25, 0.3) is 0 Å². The van der Waals surface area contributed by atoms with E-state index in [0.717, 1.165) is 24.8 Å². The molecule has 4 heteroatoms. The second-order valence-electron chi connectivity index (χ2n) is 4.77. The zero-order valence-electron chi connectivity index (χ0n) is 10.1. The average molecular weight is 253 g/mol. The first kappa shape index (κ1) is 12.6. The van der Waals surface area contributed by atoms with Crippen LogP contribution in [0.15, 0.2) is 29.2 Å². The largest absolute Gasteiger partial charge is 0.330 e. The van der Waals surface area contributed by atoms with E-state index in [1.807, 2.05) is 19.1 Å². The summed E-state index contributed by atoms with van der Waals surface area (Å²) in [4.78, 5) is 0.489. The lowest BCUT2D eigenvalue weighted by Crippen LogP contribution is -2.29. The molecule has 1 aliphatic carbocycles. The van der Waals surface area contributed by atoms with Crippen molar-refractivity contribution in [1.29, 1.82) is 0 Å². The van der Waals surface area contributed by atoms with Crippen molar-refractivity contribution in [2.75, 3.05) is 6.54 Å². The van der Waals surface area contributed by atoms with Crippen LogP contribution >= 0.6 is 0 Å². The molecule has 0 bridgehead atoms. The van der Waals surface area contributed by atoms with Crippen LogP contribution in [0.25, 0.3) is 0 Å². The van der Waals surface area contributed by atoms with Gasteiger partial charge in [0.2, 0.25) is 0 Å². The summed E-state index contributed by atoms with van der Waals surface area (Å²) in [6.45, 7) is 2.44. The molecule has 1 atom stereocenters. The minimum Gasteiger partial charge on any atom is -0.330 e. The van der Waals surface area contributed by atoms with E-state index in [9.17, 15) is 8.42 Å². The van der Waals surface area contributed by atoms with Crippen LogP contribution in [0.1, 0.15) is 37.7 Å². The number of sulfone groups is 1. The number of hydrogen-bond acceptors (Lipinski definition) is 3. The predicted molar refractivity (Wildman–Crippen MR) is 68.7 cm³/mol. The van der Waals surface area contributed by atoms with E-state index in [4.69, 9.17) is 5.73 Å². The van der Waals surface area contributed by atoms with E-state index in [0.29, 0.717) is 11.4 Å². The van der Waals surface area contributed by atoms with Crippen LogP contribution in [0.5, 0.6) is 0 Å². The van der Waals surface area contributed by atoms with Crippen molar-refractivity contribution in [2.24, 2.45) is 5.73 Å². The molecule has 17 heavy (non-hydrogen) atoms. The third kappa shape index (κ3) is 2.24. The third-order valence-electron chi connectivity index (χ3n) is 3.60. The highest BCUT2D eigenvalue weighted by Crippen LogP contribution is 2.34. The molecule has 1 unspecified atom stereocenters. The second-order valence-corrected chi connectivity index (χ2v) is 6.97. The van der Waals surface area contributed by atoms with Crippen LogP contribution in [-0.2, 0) is 9.84 Å². The van der Waals surface area contributed by atoms with Crippen LogP contribution in [0.2, 0.25) is 0 Å². The molecule has 1 aromatic rings. The predicted octanol–water partition coefficient (Wildman–Crippen LogP) is 2.08. The van der Waals surface area contributed by atoms with Crippen LogP contribution in [0, 0.1) is 0 Å². The van der Waals surface area contributed by atoms with Gasteiger partial charge in [-0.1, -0.05) is 31.5 Å². The third-order valence-corrected chi connectivity index (χ3v) is 5.93. The van der Waals surface area contributed by atoms with E-state index in [2.05, 4.69) is 0 Å². The molecule has 1 aromatic carbocycles. The summed E-state index contributed by atoms with van der Waals surface area (Å²) >= 11 is 0. The molecule has 0 spiro atoms. The Morgan fingerprint density at radius 1 is 1.35 bits per heavy atom. The fourth-order valence-electron chi connectivity index (χ4n) is 2.13. The lowest BCUT2D eigenvalue weighted by atomic mass is 10.00. The minimum absolute atomic E-state index is 0.0843. The van der Waals surface area contributed by atoms with Crippen molar-refractivity contribution in [2.45, 2.75) is 42.2 Å². The maximum Gasteiger partial charge on any atom is 0.181 e. The smallest absolute Gasteiger partial charge is 0.181 e.